The summed E-state index contributed by atoms with van der Waals surface area (Å²) in [7, 11) is 0. The van der Waals surface area contributed by atoms with Gasteiger partial charge in [0.2, 0.25) is 5.91 Å². The van der Waals surface area contributed by atoms with Crippen LogP contribution in [0.3, 0.4) is 0 Å². The van der Waals surface area contributed by atoms with Crippen molar-refractivity contribution in [1.82, 2.24) is 14.3 Å². The molecule has 2 aromatic carbocycles. The third-order valence-corrected chi connectivity index (χ3v) is 6.54. The highest BCUT2D eigenvalue weighted by Crippen LogP contribution is 2.34. The molecule has 0 aliphatic carbocycles. The molecule has 39 heavy (non-hydrogen) atoms. The molecule has 1 aliphatic heterocycles. The van der Waals surface area contributed by atoms with Gasteiger partial charge in [-0.3, -0.25) is 9.48 Å². The number of benzene rings is 2. The molecule has 0 saturated carbocycles. The van der Waals surface area contributed by atoms with E-state index in [0.717, 1.165) is 0 Å². The molecule has 0 bridgehead atoms. The number of para-hydroxylation sites is 1. The van der Waals surface area contributed by atoms with Gasteiger partial charge < -0.3 is 29.2 Å². The Morgan fingerprint density at radius 1 is 1.26 bits per heavy atom. The Hall–Kier alpha value is -3.86. The minimum absolute atomic E-state index is 0.0324. The summed E-state index contributed by atoms with van der Waals surface area (Å²) >= 11 is 6.19. The van der Waals surface area contributed by atoms with Crippen LogP contribution in [0.2, 0.25) is 5.02 Å². The van der Waals surface area contributed by atoms with Crippen LogP contribution in [-0.2, 0) is 27.2 Å². The molecule has 9 nitrogen and oxygen atoms in total. The number of ether oxygens (including phenoxy) is 3. The van der Waals surface area contributed by atoms with Gasteiger partial charge in [0.1, 0.15) is 29.5 Å². The lowest BCUT2D eigenvalue weighted by atomic mass is 10.0. The number of aromatic nitrogens is 3. The summed E-state index contributed by atoms with van der Waals surface area (Å²) in [6, 6.07) is 15.1. The summed E-state index contributed by atoms with van der Waals surface area (Å²) in [5.41, 5.74) is 0.311. The van der Waals surface area contributed by atoms with Crippen molar-refractivity contribution in [2.75, 3.05) is 11.9 Å². The van der Waals surface area contributed by atoms with E-state index < -0.39 is 23.6 Å². The third kappa shape index (κ3) is 6.42. The molecule has 1 amide bonds. The lowest BCUT2D eigenvalue weighted by molar-refractivity contribution is -0.139. The predicted octanol–water partition coefficient (Wildman–Crippen LogP) is 5.55. The first-order valence-electron chi connectivity index (χ1n) is 12.4. The number of carbonyl (C=O) groups excluding carboxylic acids is 1. The predicted molar refractivity (Wildman–Crippen MR) is 143 cm³/mol. The van der Waals surface area contributed by atoms with Crippen molar-refractivity contribution < 1.29 is 28.5 Å². The van der Waals surface area contributed by atoms with Crippen LogP contribution in [0.15, 0.2) is 73.1 Å². The van der Waals surface area contributed by atoms with Gasteiger partial charge in [0, 0.05) is 24.8 Å². The molecule has 1 saturated heterocycles. The number of rotatable bonds is 9. The van der Waals surface area contributed by atoms with Gasteiger partial charge in [-0.05, 0) is 37.6 Å². The summed E-state index contributed by atoms with van der Waals surface area (Å²) in [4.78, 5) is 13.5. The fraction of sp³-hybridized carbons (Fsp3) is 0.286. The molecule has 2 atom stereocenters. The lowest BCUT2D eigenvalue weighted by Gasteiger charge is -2.19. The largest absolute Gasteiger partial charge is 0.494 e. The first-order valence-corrected chi connectivity index (χ1v) is 12.8. The number of carbonyl (C=O) groups is 1. The van der Waals surface area contributed by atoms with Crippen molar-refractivity contribution in [3.63, 3.8) is 0 Å². The molecule has 1 fully saturated rings. The number of hydrogen-bond acceptors (Lipinski definition) is 6. The number of halogens is 2. The molecular weight excluding hydrogens is 527 g/mol. The van der Waals surface area contributed by atoms with Gasteiger partial charge in [0.25, 0.3) is 0 Å². The molecule has 5 rings (SSSR count). The summed E-state index contributed by atoms with van der Waals surface area (Å²) in [5.74, 6) is -0.895. The molecule has 3 heterocycles. The van der Waals surface area contributed by atoms with E-state index in [9.17, 15) is 14.3 Å². The third-order valence-electron chi connectivity index (χ3n) is 6.23. The maximum absolute atomic E-state index is 14.6. The minimum atomic E-state index is -1.02. The van der Waals surface area contributed by atoms with Crippen molar-refractivity contribution in [3.05, 3.63) is 89.5 Å². The van der Waals surface area contributed by atoms with Crippen LogP contribution in [0.25, 0.3) is 0 Å². The number of anilines is 1. The van der Waals surface area contributed by atoms with Gasteiger partial charge in [0.15, 0.2) is 17.5 Å². The zero-order valence-corrected chi connectivity index (χ0v) is 22.1. The molecule has 0 radical (unpaired) electrons. The second-order valence-electron chi connectivity index (χ2n) is 9.65. The fourth-order valence-electron chi connectivity index (χ4n) is 4.39. The number of aromatic hydroxyl groups is 1. The van der Waals surface area contributed by atoms with Crippen molar-refractivity contribution in [2.24, 2.45) is 0 Å². The summed E-state index contributed by atoms with van der Waals surface area (Å²) in [6.07, 6.45) is 2.99. The van der Waals surface area contributed by atoms with E-state index in [2.05, 4.69) is 10.4 Å². The number of nitrogens with zero attached hydrogens (tertiary/aromatic N) is 3. The maximum atomic E-state index is 14.6. The average molecular weight is 555 g/mol. The number of amides is 1. The highest BCUT2D eigenvalue weighted by molar-refractivity contribution is 6.32. The second-order valence-corrected chi connectivity index (χ2v) is 10.1. The Kier molecular flexibility index (Phi) is 7.60. The SMILES string of the molecule is CC1(C)OC[C@@H](Cn2ccc(NC(=O)[C@H](Cc3ccccc3F)n3cc(Oc4ccccc4Cl)cc3O)n2)O1. The van der Waals surface area contributed by atoms with Gasteiger partial charge in [0.05, 0.1) is 24.4 Å². The minimum Gasteiger partial charge on any atom is -0.494 e. The molecule has 1 aliphatic rings. The van der Waals surface area contributed by atoms with E-state index in [1.165, 1.54) is 22.9 Å². The summed E-state index contributed by atoms with van der Waals surface area (Å²) in [5, 5.41) is 18.3. The molecular formula is C28H28ClFN4O5. The second kappa shape index (κ2) is 11.1. The molecule has 4 aromatic rings. The molecule has 0 unspecified atom stereocenters. The first-order chi connectivity index (χ1) is 18.7. The Balaban J connectivity index is 1.36. The monoisotopic (exact) mass is 554 g/mol. The molecule has 2 aromatic heterocycles. The molecule has 2 N–H and O–H groups in total. The fourth-order valence-corrected chi connectivity index (χ4v) is 4.57. The number of nitrogens with one attached hydrogen (secondary N) is 1. The maximum Gasteiger partial charge on any atom is 0.249 e. The van der Waals surface area contributed by atoms with Gasteiger partial charge in [-0.25, -0.2) is 4.39 Å². The van der Waals surface area contributed by atoms with Crippen molar-refractivity contribution in [1.29, 1.82) is 0 Å². The van der Waals surface area contributed by atoms with Crippen LogP contribution < -0.4 is 10.1 Å². The van der Waals surface area contributed by atoms with Crippen LogP contribution in [0.5, 0.6) is 17.4 Å². The van der Waals surface area contributed by atoms with E-state index in [1.807, 2.05) is 13.8 Å². The summed E-state index contributed by atoms with van der Waals surface area (Å²) in [6.45, 7) is 4.57. The first kappa shape index (κ1) is 26.7. The number of hydrogen-bond donors (Lipinski definition) is 2. The van der Waals surface area contributed by atoms with E-state index in [-0.39, 0.29) is 24.2 Å². The quantitative estimate of drug-likeness (QED) is 0.281. The average Bonchev–Trinajstić information content (AvgIpc) is 3.58. The topological polar surface area (TPSA) is 99.8 Å². The molecule has 0 spiro atoms. The zero-order chi connectivity index (χ0) is 27.6. The van der Waals surface area contributed by atoms with Gasteiger partial charge in [-0.2, -0.15) is 5.10 Å². The van der Waals surface area contributed by atoms with Gasteiger partial charge in [-0.1, -0.05) is 41.9 Å². The van der Waals surface area contributed by atoms with E-state index in [4.69, 9.17) is 25.8 Å². The molecule has 11 heteroatoms. The van der Waals surface area contributed by atoms with Crippen LogP contribution in [-0.4, -0.2) is 43.9 Å². The highest BCUT2D eigenvalue weighted by Gasteiger charge is 2.33. The Morgan fingerprint density at radius 3 is 2.77 bits per heavy atom. The van der Waals surface area contributed by atoms with Crippen molar-refractivity contribution in [3.8, 4) is 17.4 Å². The van der Waals surface area contributed by atoms with E-state index in [0.29, 0.717) is 35.3 Å². The van der Waals surface area contributed by atoms with Crippen molar-refractivity contribution in [2.45, 2.75) is 44.7 Å². The summed E-state index contributed by atoms with van der Waals surface area (Å²) < 4.78 is 34.8. The van der Waals surface area contributed by atoms with E-state index in [1.54, 1.807) is 59.4 Å². The standard InChI is InChI=1S/C28H28ClFN4O5/c1-28(2)37-17-20(39-28)15-33-12-11-25(32-33)31-27(36)23(13-18-7-3-5-9-22(18)30)34-16-19(14-26(34)35)38-24-10-6-4-8-21(24)29/h3-12,14,16,20,23,35H,13,15,17H2,1-2H3,(H,31,32,36)/t20-,23+/m1/s1. The molecule has 204 valence electrons. The van der Waals surface area contributed by atoms with E-state index >= 15 is 0 Å². The zero-order valence-electron chi connectivity index (χ0n) is 21.4. The van der Waals surface area contributed by atoms with Crippen molar-refractivity contribution >= 4 is 23.3 Å². The Labute approximate surface area is 229 Å². The Morgan fingerprint density at radius 2 is 2.03 bits per heavy atom. The normalized spacial score (nSPS) is 17.2. The van der Waals surface area contributed by atoms with Gasteiger partial charge >= 0.3 is 0 Å². The van der Waals surface area contributed by atoms with Crippen LogP contribution in [0.4, 0.5) is 10.2 Å². The van der Waals surface area contributed by atoms with Gasteiger partial charge in [-0.15, -0.1) is 0 Å². The smallest absolute Gasteiger partial charge is 0.249 e. The highest BCUT2D eigenvalue weighted by atomic mass is 35.5. The Bertz CT molecular complexity index is 1470. The van der Waals surface area contributed by atoms with Crippen LogP contribution >= 0.6 is 11.6 Å². The van der Waals surface area contributed by atoms with Crippen LogP contribution in [0, 0.1) is 5.82 Å². The van der Waals surface area contributed by atoms with Crippen LogP contribution in [0.1, 0.15) is 25.5 Å². The lowest BCUT2D eigenvalue weighted by Crippen LogP contribution is -2.28.